The fraction of sp³-hybridized carbons (Fsp3) is 0.200. The second-order valence-electron chi connectivity index (χ2n) is 8.10. The van der Waals surface area contributed by atoms with E-state index in [1.54, 1.807) is 24.3 Å². The van der Waals surface area contributed by atoms with Gasteiger partial charge in [0.2, 0.25) is 6.04 Å². The molecule has 0 amide bonds. The molecule has 3 aromatic rings. The molecular weight excluding hydrogens is 378 g/mol. The van der Waals surface area contributed by atoms with E-state index in [1.165, 1.54) is 6.08 Å². The van der Waals surface area contributed by atoms with Crippen LogP contribution >= 0.6 is 0 Å². The molecule has 5 heteroatoms. The summed E-state index contributed by atoms with van der Waals surface area (Å²) in [5.41, 5.74) is -0.0857. The maximum absolute atomic E-state index is 13.7. The highest BCUT2D eigenvalue weighted by atomic mass is 16.6. The Morgan fingerprint density at radius 2 is 1.53 bits per heavy atom. The lowest BCUT2D eigenvalue weighted by Crippen LogP contribution is -2.40. The fourth-order valence-corrected chi connectivity index (χ4v) is 5.56. The van der Waals surface area contributed by atoms with Crippen LogP contribution < -0.4 is 0 Å². The molecule has 3 atom stereocenters. The van der Waals surface area contributed by atoms with Crippen molar-refractivity contribution in [2.24, 2.45) is 11.3 Å². The third kappa shape index (κ3) is 2.23. The smallest absolute Gasteiger partial charge is 0.227 e. The van der Waals surface area contributed by atoms with Crippen molar-refractivity contribution in [1.82, 2.24) is 0 Å². The molecule has 0 saturated heterocycles. The highest BCUT2D eigenvalue weighted by molar-refractivity contribution is 6.30. The second kappa shape index (κ2) is 6.46. The van der Waals surface area contributed by atoms with Crippen molar-refractivity contribution in [2.45, 2.75) is 18.4 Å². The summed E-state index contributed by atoms with van der Waals surface area (Å²) < 4.78 is 0. The predicted molar refractivity (Wildman–Crippen MR) is 113 cm³/mol. The van der Waals surface area contributed by atoms with Gasteiger partial charge in [-0.25, -0.2) is 0 Å². The summed E-state index contributed by atoms with van der Waals surface area (Å²) in [6.45, 7) is 3.79. The third-order valence-electron chi connectivity index (χ3n) is 6.80. The molecule has 1 saturated carbocycles. The molecule has 148 valence electrons. The Morgan fingerprint density at radius 3 is 2.17 bits per heavy atom. The normalized spacial score (nSPS) is 24.3. The number of carbonyl (C=O) groups excluding carboxylic acids is 2. The minimum Gasteiger partial charge on any atom is -0.293 e. The van der Waals surface area contributed by atoms with Gasteiger partial charge < -0.3 is 0 Å². The van der Waals surface area contributed by atoms with E-state index in [2.05, 4.69) is 6.58 Å². The van der Waals surface area contributed by atoms with Crippen LogP contribution in [0.15, 0.2) is 79.4 Å². The number of hydrogen-bond donors (Lipinski definition) is 0. The van der Waals surface area contributed by atoms with Gasteiger partial charge in [-0.2, -0.15) is 0 Å². The van der Waals surface area contributed by atoms with E-state index < -0.39 is 23.3 Å². The maximum atomic E-state index is 13.7. The molecule has 0 heterocycles. The van der Waals surface area contributed by atoms with Crippen molar-refractivity contribution < 1.29 is 14.5 Å². The van der Waals surface area contributed by atoms with Crippen LogP contribution in [-0.2, 0) is 0 Å². The summed E-state index contributed by atoms with van der Waals surface area (Å²) in [7, 11) is 0. The number of rotatable bonds is 3. The summed E-state index contributed by atoms with van der Waals surface area (Å²) in [4.78, 5) is 39.3. The summed E-state index contributed by atoms with van der Waals surface area (Å²) >= 11 is 0. The van der Waals surface area contributed by atoms with Crippen molar-refractivity contribution >= 4 is 22.3 Å². The van der Waals surface area contributed by atoms with Gasteiger partial charge in [0.15, 0.2) is 11.6 Å². The zero-order chi connectivity index (χ0) is 21.0. The van der Waals surface area contributed by atoms with Gasteiger partial charge in [-0.05, 0) is 22.8 Å². The monoisotopic (exact) mass is 397 g/mol. The van der Waals surface area contributed by atoms with E-state index in [9.17, 15) is 19.7 Å². The summed E-state index contributed by atoms with van der Waals surface area (Å²) in [5.74, 6) is -2.06. The predicted octanol–water partition coefficient (Wildman–Crippen LogP) is 4.84. The summed E-state index contributed by atoms with van der Waals surface area (Å²) in [6.07, 6.45) is 1.63. The number of benzene rings is 3. The number of nitro groups is 1. The van der Waals surface area contributed by atoms with E-state index in [0.717, 1.165) is 10.8 Å². The summed E-state index contributed by atoms with van der Waals surface area (Å²) in [5, 5.41) is 14.0. The zero-order valence-corrected chi connectivity index (χ0v) is 16.2. The second-order valence-corrected chi connectivity index (χ2v) is 8.10. The van der Waals surface area contributed by atoms with Gasteiger partial charge in [0, 0.05) is 22.0 Å². The molecule has 0 bridgehead atoms. The maximum Gasteiger partial charge on any atom is 0.227 e. The number of nitrogens with zero attached hydrogens (tertiary/aromatic N) is 1. The highest BCUT2D eigenvalue weighted by Crippen LogP contribution is 2.60. The molecule has 2 aliphatic carbocycles. The minimum absolute atomic E-state index is 0.0996. The van der Waals surface area contributed by atoms with Crippen LogP contribution in [-0.4, -0.2) is 22.5 Å². The van der Waals surface area contributed by atoms with E-state index >= 15 is 0 Å². The molecule has 1 spiro atoms. The largest absolute Gasteiger partial charge is 0.293 e. The van der Waals surface area contributed by atoms with Gasteiger partial charge >= 0.3 is 0 Å². The van der Waals surface area contributed by atoms with Gasteiger partial charge in [0.1, 0.15) is 5.41 Å². The van der Waals surface area contributed by atoms with Gasteiger partial charge in [-0.1, -0.05) is 72.8 Å². The van der Waals surface area contributed by atoms with Crippen molar-refractivity contribution in [3.8, 4) is 0 Å². The summed E-state index contributed by atoms with van der Waals surface area (Å²) in [6, 6.07) is 18.8. The topological polar surface area (TPSA) is 77.3 Å². The quantitative estimate of drug-likeness (QED) is 0.274. The molecule has 5 nitrogen and oxygen atoms in total. The number of Topliss-reactive ketones (excluding diaryl/α,β-unsaturated/α-hetero) is 2. The van der Waals surface area contributed by atoms with Crippen molar-refractivity contribution in [2.75, 3.05) is 0 Å². The lowest BCUT2D eigenvalue weighted by atomic mass is 9.69. The van der Waals surface area contributed by atoms with Gasteiger partial charge in [-0.3, -0.25) is 19.7 Å². The lowest BCUT2D eigenvalue weighted by molar-refractivity contribution is -0.530. The van der Waals surface area contributed by atoms with Crippen LogP contribution in [0.25, 0.3) is 10.8 Å². The first kappa shape index (κ1) is 18.4. The van der Waals surface area contributed by atoms with Gasteiger partial charge in [0.25, 0.3) is 0 Å². The van der Waals surface area contributed by atoms with Crippen molar-refractivity contribution in [3.05, 3.63) is 106 Å². The molecule has 0 unspecified atom stereocenters. The van der Waals surface area contributed by atoms with E-state index in [0.29, 0.717) is 16.7 Å². The van der Waals surface area contributed by atoms with Crippen molar-refractivity contribution in [1.29, 1.82) is 0 Å². The average molecular weight is 397 g/mol. The van der Waals surface area contributed by atoms with Crippen molar-refractivity contribution in [3.63, 3.8) is 0 Å². The number of fused-ring (bicyclic) bond motifs is 2. The van der Waals surface area contributed by atoms with Crippen LogP contribution in [0.2, 0.25) is 0 Å². The molecule has 0 aliphatic heterocycles. The molecule has 0 N–H and O–H groups in total. The Morgan fingerprint density at radius 1 is 0.933 bits per heavy atom. The fourth-order valence-electron chi connectivity index (χ4n) is 5.56. The number of hydrogen-bond acceptors (Lipinski definition) is 4. The molecule has 30 heavy (non-hydrogen) atoms. The Balaban J connectivity index is 1.83. The molecule has 5 rings (SSSR count). The number of ketones is 2. The van der Waals surface area contributed by atoms with Crippen LogP contribution in [0.3, 0.4) is 0 Å². The third-order valence-corrected chi connectivity index (χ3v) is 6.80. The average Bonchev–Trinajstić information content (AvgIpc) is 3.23. The standard InChI is InChI=1S/C25H19NO4/c1-2-15-14-25(23(27)19-11-5-6-12-20(19)24(25)28)21(22(15)26(29)30)18-13-7-9-16-8-3-4-10-17(16)18/h2-13,15,21-22H,1,14H2/t15-,21+,22-/m1/s1. The Labute approximate surface area is 173 Å². The first-order valence-corrected chi connectivity index (χ1v) is 9.93. The van der Waals surface area contributed by atoms with Crippen LogP contribution in [0.5, 0.6) is 0 Å². The molecular formula is C25H19NO4. The van der Waals surface area contributed by atoms with E-state index in [-0.39, 0.29) is 22.9 Å². The van der Waals surface area contributed by atoms with Crippen LogP contribution in [0.1, 0.15) is 38.6 Å². The van der Waals surface area contributed by atoms with Gasteiger partial charge in [-0.15, -0.1) is 6.58 Å². The minimum atomic E-state index is -1.48. The molecule has 1 fully saturated rings. The molecule has 0 aromatic heterocycles. The Bertz CT molecular complexity index is 1200. The molecule has 0 radical (unpaired) electrons. The number of carbonyl (C=O) groups is 2. The first-order valence-electron chi connectivity index (χ1n) is 9.93. The highest BCUT2D eigenvalue weighted by Gasteiger charge is 2.69. The zero-order valence-electron chi connectivity index (χ0n) is 16.2. The van der Waals surface area contributed by atoms with Crippen LogP contribution in [0, 0.1) is 21.4 Å². The van der Waals surface area contributed by atoms with E-state index in [4.69, 9.17) is 0 Å². The Kier molecular flexibility index (Phi) is 3.97. The van der Waals surface area contributed by atoms with E-state index in [1.807, 2.05) is 42.5 Å². The molecule has 3 aromatic carbocycles. The Hall–Kier alpha value is -3.60. The lowest BCUT2D eigenvalue weighted by Gasteiger charge is -2.29. The van der Waals surface area contributed by atoms with Gasteiger partial charge in [0.05, 0.1) is 5.92 Å². The SMILES string of the molecule is C=C[C@@H]1CC2(C(=O)c3ccccc3C2=O)[C@@H](c2cccc3ccccc23)[C@@H]1[N+](=O)[O-]. The first-order chi connectivity index (χ1) is 14.5. The molecule has 2 aliphatic rings. The van der Waals surface area contributed by atoms with Crippen LogP contribution in [0.4, 0.5) is 0 Å².